The van der Waals surface area contributed by atoms with Gasteiger partial charge in [0, 0.05) is 24.8 Å². The number of anilines is 1. The number of rotatable bonds is 12. The third kappa shape index (κ3) is 6.75. The van der Waals surface area contributed by atoms with Crippen LogP contribution in [0.5, 0.6) is 0 Å². The molecule has 1 fully saturated rings. The highest BCUT2D eigenvalue weighted by atomic mass is 19.1. The van der Waals surface area contributed by atoms with E-state index in [0.29, 0.717) is 31.2 Å². The molecule has 0 radical (unpaired) electrons. The molecule has 214 valence electrons. The van der Waals surface area contributed by atoms with E-state index in [1.54, 1.807) is 12.3 Å². The van der Waals surface area contributed by atoms with Gasteiger partial charge in [-0.15, -0.1) is 10.2 Å². The average molecular weight is 561 g/mol. The summed E-state index contributed by atoms with van der Waals surface area (Å²) in [6.45, 7) is 6.66. The molecular weight excluding hydrogens is 527 g/mol. The van der Waals surface area contributed by atoms with Gasteiger partial charge in [-0.25, -0.2) is 14.4 Å². The van der Waals surface area contributed by atoms with Crippen LogP contribution in [0, 0.1) is 11.7 Å². The SMILES string of the molecule is CCC(C)CC(OC=O)c1ccc(-c2cnc(N)c(-c3nnc(-c4ccc(CN[C@H]5CCOC5)cc4F)o3)n2)cc1. The Morgan fingerprint density at radius 2 is 2.00 bits per heavy atom. The number of nitrogens with zero attached hydrogens (tertiary/aromatic N) is 4. The number of nitrogens with one attached hydrogen (secondary N) is 1. The van der Waals surface area contributed by atoms with Crippen molar-refractivity contribution in [3.8, 4) is 34.3 Å². The third-order valence-corrected chi connectivity index (χ3v) is 7.33. The topological polar surface area (TPSA) is 138 Å². The summed E-state index contributed by atoms with van der Waals surface area (Å²) < 4.78 is 31.5. The minimum atomic E-state index is -0.472. The van der Waals surface area contributed by atoms with Crippen LogP contribution in [0.3, 0.4) is 0 Å². The minimum Gasteiger partial charge on any atom is -0.460 e. The molecule has 2 aromatic carbocycles. The van der Waals surface area contributed by atoms with Crippen molar-refractivity contribution in [2.24, 2.45) is 5.92 Å². The van der Waals surface area contributed by atoms with E-state index in [-0.39, 0.29) is 41.0 Å². The summed E-state index contributed by atoms with van der Waals surface area (Å²) in [5.74, 6) is 0.0825. The third-order valence-electron chi connectivity index (χ3n) is 7.33. The Bertz CT molecular complexity index is 1470. The maximum Gasteiger partial charge on any atom is 0.293 e. The summed E-state index contributed by atoms with van der Waals surface area (Å²) in [7, 11) is 0. The maximum absolute atomic E-state index is 15.0. The molecule has 0 spiro atoms. The Balaban J connectivity index is 1.33. The molecule has 4 aromatic rings. The number of halogens is 1. The normalized spacial score (nSPS) is 16.4. The van der Waals surface area contributed by atoms with Crippen LogP contribution in [0.4, 0.5) is 10.2 Å². The van der Waals surface area contributed by atoms with Crippen LogP contribution in [0.2, 0.25) is 0 Å². The summed E-state index contributed by atoms with van der Waals surface area (Å²) >= 11 is 0. The van der Waals surface area contributed by atoms with Gasteiger partial charge in [-0.1, -0.05) is 50.6 Å². The van der Waals surface area contributed by atoms with Crippen LogP contribution in [-0.4, -0.2) is 45.9 Å². The number of hydrogen-bond acceptors (Lipinski definition) is 10. The van der Waals surface area contributed by atoms with Gasteiger partial charge in [-0.05, 0) is 42.0 Å². The van der Waals surface area contributed by atoms with Crippen molar-refractivity contribution in [2.75, 3.05) is 18.9 Å². The summed E-state index contributed by atoms with van der Waals surface area (Å²) in [6.07, 6.45) is 3.89. The van der Waals surface area contributed by atoms with Gasteiger partial charge in [0.05, 0.1) is 24.1 Å². The van der Waals surface area contributed by atoms with E-state index in [0.717, 1.165) is 42.6 Å². The highest BCUT2D eigenvalue weighted by Gasteiger charge is 2.20. The van der Waals surface area contributed by atoms with E-state index < -0.39 is 5.82 Å². The monoisotopic (exact) mass is 560 g/mol. The molecule has 11 heteroatoms. The van der Waals surface area contributed by atoms with E-state index in [4.69, 9.17) is 19.6 Å². The van der Waals surface area contributed by atoms with Crippen LogP contribution >= 0.6 is 0 Å². The van der Waals surface area contributed by atoms with Gasteiger partial charge in [0.25, 0.3) is 18.3 Å². The molecule has 0 saturated carbocycles. The molecule has 3 N–H and O–H groups in total. The van der Waals surface area contributed by atoms with Crippen LogP contribution < -0.4 is 11.1 Å². The molecule has 3 heterocycles. The average Bonchev–Trinajstić information content (AvgIpc) is 3.69. The zero-order chi connectivity index (χ0) is 28.8. The van der Waals surface area contributed by atoms with Crippen molar-refractivity contribution in [3.63, 3.8) is 0 Å². The number of ether oxygens (including phenoxy) is 2. The predicted octanol–water partition coefficient (Wildman–Crippen LogP) is 5.11. The van der Waals surface area contributed by atoms with E-state index in [9.17, 15) is 9.18 Å². The molecule has 0 amide bonds. The molecule has 1 saturated heterocycles. The first-order chi connectivity index (χ1) is 19.9. The number of hydrogen-bond donors (Lipinski definition) is 2. The van der Waals surface area contributed by atoms with Crippen LogP contribution in [-0.2, 0) is 20.8 Å². The number of nitrogen functional groups attached to an aromatic ring is 1. The fraction of sp³-hybridized carbons (Fsp3) is 0.367. The van der Waals surface area contributed by atoms with Crippen molar-refractivity contribution in [2.45, 2.75) is 51.8 Å². The lowest BCUT2D eigenvalue weighted by Gasteiger charge is -2.19. The Morgan fingerprint density at radius 3 is 2.71 bits per heavy atom. The van der Waals surface area contributed by atoms with Gasteiger partial charge in [0.2, 0.25) is 0 Å². The number of benzene rings is 2. The van der Waals surface area contributed by atoms with Gasteiger partial charge in [-0.3, -0.25) is 4.79 Å². The van der Waals surface area contributed by atoms with Gasteiger partial charge >= 0.3 is 0 Å². The van der Waals surface area contributed by atoms with Crippen molar-refractivity contribution < 1.29 is 23.1 Å². The maximum atomic E-state index is 15.0. The summed E-state index contributed by atoms with van der Waals surface area (Å²) in [6, 6.07) is 12.7. The fourth-order valence-electron chi connectivity index (χ4n) is 4.66. The fourth-order valence-corrected chi connectivity index (χ4v) is 4.66. The Kier molecular flexibility index (Phi) is 8.95. The zero-order valence-electron chi connectivity index (χ0n) is 23.0. The van der Waals surface area contributed by atoms with Crippen molar-refractivity contribution in [1.82, 2.24) is 25.5 Å². The number of nitrogens with two attached hydrogens (primary N) is 1. The minimum absolute atomic E-state index is 0.0136. The molecule has 41 heavy (non-hydrogen) atoms. The standard InChI is InChI=1S/C30H33FN6O4/c1-3-18(2)12-26(40-17-38)21-7-5-20(6-8-21)25-15-34-28(32)27(35-25)30-37-36-29(41-30)23-9-4-19(13-24(23)31)14-33-22-10-11-39-16-22/h4-9,13,15,17-18,22,26,33H,3,10-12,14,16H2,1-2H3,(H2,32,34)/t18?,22-,26?/m0/s1. The smallest absolute Gasteiger partial charge is 0.293 e. The molecular formula is C30H33FN6O4. The Hall–Kier alpha value is -4.22. The van der Waals surface area contributed by atoms with Crippen LogP contribution in [0.25, 0.3) is 34.3 Å². The largest absolute Gasteiger partial charge is 0.460 e. The lowest BCUT2D eigenvalue weighted by molar-refractivity contribution is -0.134. The molecule has 3 atom stereocenters. The van der Waals surface area contributed by atoms with Crippen molar-refractivity contribution in [3.05, 3.63) is 65.6 Å². The number of carbonyl (C=O) groups excluding carboxylic acids is 1. The Labute approximate surface area is 237 Å². The van der Waals surface area contributed by atoms with Crippen LogP contribution in [0.15, 0.2) is 53.1 Å². The molecule has 0 bridgehead atoms. The second-order valence-electron chi connectivity index (χ2n) is 10.2. The summed E-state index contributed by atoms with van der Waals surface area (Å²) in [5, 5.41) is 11.5. The van der Waals surface area contributed by atoms with Crippen molar-refractivity contribution >= 4 is 12.3 Å². The molecule has 1 aliphatic rings. The molecule has 2 unspecified atom stereocenters. The first kappa shape index (κ1) is 28.3. The van der Waals surface area contributed by atoms with Gasteiger partial charge in [0.1, 0.15) is 11.9 Å². The van der Waals surface area contributed by atoms with Gasteiger partial charge in [0.15, 0.2) is 11.5 Å². The molecule has 0 aliphatic carbocycles. The van der Waals surface area contributed by atoms with E-state index in [1.807, 2.05) is 30.3 Å². The van der Waals surface area contributed by atoms with E-state index >= 15 is 0 Å². The molecule has 5 rings (SSSR count). The number of aromatic nitrogens is 4. The number of carbonyl (C=O) groups is 1. The Morgan fingerprint density at radius 1 is 1.20 bits per heavy atom. The zero-order valence-corrected chi connectivity index (χ0v) is 23.0. The molecule has 2 aromatic heterocycles. The van der Waals surface area contributed by atoms with Gasteiger partial charge in [-0.2, -0.15) is 0 Å². The van der Waals surface area contributed by atoms with Gasteiger partial charge < -0.3 is 24.9 Å². The highest BCUT2D eigenvalue weighted by Crippen LogP contribution is 2.31. The lowest BCUT2D eigenvalue weighted by Crippen LogP contribution is -2.28. The first-order valence-electron chi connectivity index (χ1n) is 13.7. The highest BCUT2D eigenvalue weighted by molar-refractivity contribution is 5.69. The second kappa shape index (κ2) is 13.0. The quantitative estimate of drug-likeness (QED) is 0.225. The lowest BCUT2D eigenvalue weighted by atomic mass is 9.95. The second-order valence-corrected chi connectivity index (χ2v) is 10.2. The molecule has 10 nitrogen and oxygen atoms in total. The van der Waals surface area contributed by atoms with Crippen molar-refractivity contribution in [1.29, 1.82) is 0 Å². The summed E-state index contributed by atoms with van der Waals surface area (Å²) in [5.41, 5.74) is 9.48. The first-order valence-corrected chi connectivity index (χ1v) is 13.7. The predicted molar refractivity (Wildman–Crippen MR) is 151 cm³/mol. The summed E-state index contributed by atoms with van der Waals surface area (Å²) in [4.78, 5) is 19.9. The molecule has 1 aliphatic heterocycles. The van der Waals surface area contributed by atoms with E-state index in [2.05, 4.69) is 39.3 Å². The van der Waals surface area contributed by atoms with E-state index in [1.165, 1.54) is 6.07 Å². The van der Waals surface area contributed by atoms with Crippen LogP contribution in [0.1, 0.15) is 50.3 Å².